The van der Waals surface area contributed by atoms with E-state index in [9.17, 15) is 4.79 Å². The number of ether oxygens (including phenoxy) is 1. The number of benzene rings is 1. The highest BCUT2D eigenvalue weighted by molar-refractivity contribution is 9.11. The summed E-state index contributed by atoms with van der Waals surface area (Å²) < 4.78 is 6.75. The molecule has 2 nitrogen and oxygen atoms in total. The first-order chi connectivity index (χ1) is 8.72. The summed E-state index contributed by atoms with van der Waals surface area (Å²) in [6.45, 7) is 2.62. The van der Waals surface area contributed by atoms with E-state index in [1.807, 2.05) is 42.5 Å². The SMILES string of the molecule is CC1C=CC(C=O)=C(Br)C1OCc1ccccc1. The van der Waals surface area contributed by atoms with E-state index < -0.39 is 0 Å². The monoisotopic (exact) mass is 306 g/mol. The quantitative estimate of drug-likeness (QED) is 0.794. The molecule has 0 fully saturated rings. The molecule has 0 saturated heterocycles. The van der Waals surface area contributed by atoms with Gasteiger partial charge in [0.25, 0.3) is 0 Å². The van der Waals surface area contributed by atoms with Gasteiger partial charge in [0.15, 0.2) is 6.29 Å². The molecule has 3 heteroatoms. The summed E-state index contributed by atoms with van der Waals surface area (Å²) in [5.41, 5.74) is 1.79. The number of allylic oxidation sites excluding steroid dienone is 2. The number of aldehydes is 1. The fourth-order valence-electron chi connectivity index (χ4n) is 1.91. The molecule has 0 heterocycles. The van der Waals surface area contributed by atoms with Crippen LogP contribution < -0.4 is 0 Å². The van der Waals surface area contributed by atoms with Crippen molar-refractivity contribution in [3.05, 3.63) is 58.1 Å². The van der Waals surface area contributed by atoms with E-state index >= 15 is 0 Å². The standard InChI is InChI=1S/C15H15BrO2/c1-11-7-8-13(9-17)14(16)15(11)18-10-12-5-3-2-4-6-12/h2-9,11,15H,10H2,1H3. The van der Waals surface area contributed by atoms with Crippen LogP contribution in [0.3, 0.4) is 0 Å². The minimum atomic E-state index is -0.0876. The second kappa shape index (κ2) is 6.12. The lowest BCUT2D eigenvalue weighted by molar-refractivity contribution is -0.104. The Labute approximate surface area is 115 Å². The molecule has 1 aromatic carbocycles. The Hall–Kier alpha value is -1.19. The van der Waals surface area contributed by atoms with Crippen molar-refractivity contribution in [2.75, 3.05) is 0 Å². The molecular formula is C15H15BrO2. The molecule has 0 aliphatic heterocycles. The largest absolute Gasteiger partial charge is 0.368 e. The zero-order valence-corrected chi connectivity index (χ0v) is 11.8. The van der Waals surface area contributed by atoms with Crippen molar-refractivity contribution in [1.29, 1.82) is 0 Å². The summed E-state index contributed by atoms with van der Waals surface area (Å²) in [7, 11) is 0. The van der Waals surface area contributed by atoms with Crippen molar-refractivity contribution >= 4 is 22.2 Å². The first kappa shape index (κ1) is 13.2. The number of hydrogen-bond acceptors (Lipinski definition) is 2. The summed E-state index contributed by atoms with van der Waals surface area (Å²) in [5, 5.41) is 0. The Balaban J connectivity index is 2.06. The second-order valence-electron chi connectivity index (χ2n) is 4.36. The van der Waals surface area contributed by atoms with E-state index in [0.29, 0.717) is 12.2 Å². The van der Waals surface area contributed by atoms with Gasteiger partial charge in [0.05, 0.1) is 12.7 Å². The second-order valence-corrected chi connectivity index (χ2v) is 5.21. The summed E-state index contributed by atoms with van der Waals surface area (Å²) >= 11 is 3.47. The van der Waals surface area contributed by atoms with Crippen LogP contribution >= 0.6 is 15.9 Å². The maximum Gasteiger partial charge on any atom is 0.150 e. The molecule has 2 rings (SSSR count). The summed E-state index contributed by atoms with van der Waals surface area (Å²) in [6.07, 6.45) is 4.61. The minimum Gasteiger partial charge on any atom is -0.368 e. The Kier molecular flexibility index (Phi) is 4.50. The zero-order chi connectivity index (χ0) is 13.0. The molecule has 0 aromatic heterocycles. The highest BCUT2D eigenvalue weighted by Gasteiger charge is 2.24. The smallest absolute Gasteiger partial charge is 0.150 e. The lowest BCUT2D eigenvalue weighted by atomic mass is 9.96. The van der Waals surface area contributed by atoms with Crippen LogP contribution in [0, 0.1) is 5.92 Å². The molecule has 1 aliphatic rings. The Morgan fingerprint density at radius 3 is 2.72 bits per heavy atom. The van der Waals surface area contributed by atoms with Gasteiger partial charge < -0.3 is 4.74 Å². The molecule has 0 bridgehead atoms. The maximum atomic E-state index is 10.9. The lowest BCUT2D eigenvalue weighted by Crippen LogP contribution is -2.24. The van der Waals surface area contributed by atoms with Gasteiger partial charge in [-0.3, -0.25) is 4.79 Å². The van der Waals surface area contributed by atoms with E-state index in [4.69, 9.17) is 4.74 Å². The number of hydrogen-bond donors (Lipinski definition) is 0. The Morgan fingerprint density at radius 2 is 2.06 bits per heavy atom. The van der Waals surface area contributed by atoms with Gasteiger partial charge in [-0.2, -0.15) is 0 Å². The molecule has 0 N–H and O–H groups in total. The summed E-state index contributed by atoms with van der Waals surface area (Å²) in [6, 6.07) is 10.0. The Morgan fingerprint density at radius 1 is 1.33 bits per heavy atom. The molecule has 18 heavy (non-hydrogen) atoms. The molecule has 1 aromatic rings. The van der Waals surface area contributed by atoms with Crippen LogP contribution in [0.15, 0.2) is 52.5 Å². The van der Waals surface area contributed by atoms with Crippen molar-refractivity contribution in [3.63, 3.8) is 0 Å². The fourth-order valence-corrected chi connectivity index (χ4v) is 2.69. The van der Waals surface area contributed by atoms with Crippen LogP contribution in [0.4, 0.5) is 0 Å². The molecule has 94 valence electrons. The summed E-state index contributed by atoms with van der Waals surface area (Å²) in [5.74, 6) is 0.256. The van der Waals surface area contributed by atoms with E-state index in [-0.39, 0.29) is 12.0 Å². The van der Waals surface area contributed by atoms with E-state index in [1.165, 1.54) is 0 Å². The van der Waals surface area contributed by atoms with E-state index in [0.717, 1.165) is 16.3 Å². The predicted octanol–water partition coefficient (Wildman–Crippen LogP) is 3.63. The molecule has 0 spiro atoms. The first-order valence-corrected chi connectivity index (χ1v) is 6.70. The highest BCUT2D eigenvalue weighted by Crippen LogP contribution is 2.30. The molecule has 1 aliphatic carbocycles. The van der Waals surface area contributed by atoms with Gasteiger partial charge in [-0.15, -0.1) is 0 Å². The van der Waals surface area contributed by atoms with Gasteiger partial charge in [0, 0.05) is 16.0 Å². The van der Waals surface area contributed by atoms with Gasteiger partial charge in [0.1, 0.15) is 0 Å². The van der Waals surface area contributed by atoms with Gasteiger partial charge in [0.2, 0.25) is 0 Å². The zero-order valence-electron chi connectivity index (χ0n) is 10.2. The maximum absolute atomic E-state index is 10.9. The Bertz CT molecular complexity index is 477. The molecule has 0 amide bonds. The molecule has 2 atom stereocenters. The third-order valence-electron chi connectivity index (χ3n) is 2.98. The van der Waals surface area contributed by atoms with Gasteiger partial charge >= 0.3 is 0 Å². The van der Waals surface area contributed by atoms with Crippen molar-refractivity contribution in [1.82, 2.24) is 0 Å². The fraction of sp³-hybridized carbons (Fsp3) is 0.267. The van der Waals surface area contributed by atoms with Crippen molar-refractivity contribution in [2.45, 2.75) is 19.6 Å². The topological polar surface area (TPSA) is 26.3 Å². The molecular weight excluding hydrogens is 292 g/mol. The lowest BCUT2D eigenvalue weighted by Gasteiger charge is -2.26. The normalized spacial score (nSPS) is 23.2. The molecule has 2 unspecified atom stereocenters. The van der Waals surface area contributed by atoms with Crippen LogP contribution in [0.2, 0.25) is 0 Å². The van der Waals surface area contributed by atoms with Gasteiger partial charge in [-0.05, 0) is 5.56 Å². The van der Waals surface area contributed by atoms with Crippen LogP contribution in [0.25, 0.3) is 0 Å². The van der Waals surface area contributed by atoms with Crippen molar-refractivity contribution in [3.8, 4) is 0 Å². The average molecular weight is 307 g/mol. The van der Waals surface area contributed by atoms with Crippen molar-refractivity contribution < 1.29 is 9.53 Å². The number of carbonyl (C=O) groups excluding carboxylic acids is 1. The van der Waals surface area contributed by atoms with Gasteiger partial charge in [-0.1, -0.05) is 65.3 Å². The minimum absolute atomic E-state index is 0.0876. The number of halogens is 1. The number of carbonyl (C=O) groups is 1. The highest BCUT2D eigenvalue weighted by atomic mass is 79.9. The number of rotatable bonds is 4. The van der Waals surface area contributed by atoms with Crippen LogP contribution in [0.5, 0.6) is 0 Å². The van der Waals surface area contributed by atoms with Crippen molar-refractivity contribution in [2.24, 2.45) is 5.92 Å². The third-order valence-corrected chi connectivity index (χ3v) is 3.89. The average Bonchev–Trinajstić information content (AvgIpc) is 2.40. The van der Waals surface area contributed by atoms with Gasteiger partial charge in [-0.25, -0.2) is 0 Å². The van der Waals surface area contributed by atoms with Crippen LogP contribution in [0.1, 0.15) is 12.5 Å². The van der Waals surface area contributed by atoms with Crippen LogP contribution in [-0.2, 0) is 16.1 Å². The van der Waals surface area contributed by atoms with Crippen LogP contribution in [-0.4, -0.2) is 12.4 Å². The summed E-state index contributed by atoms with van der Waals surface area (Å²) in [4.78, 5) is 10.9. The van der Waals surface area contributed by atoms with E-state index in [1.54, 1.807) is 0 Å². The third kappa shape index (κ3) is 2.98. The molecule has 0 radical (unpaired) electrons. The molecule has 0 saturated carbocycles. The first-order valence-electron chi connectivity index (χ1n) is 5.91. The predicted molar refractivity (Wildman–Crippen MR) is 75.3 cm³/mol. The van der Waals surface area contributed by atoms with E-state index in [2.05, 4.69) is 22.9 Å².